The van der Waals surface area contributed by atoms with Crippen LogP contribution < -0.4 is 39.4 Å². The van der Waals surface area contributed by atoms with Gasteiger partial charge >= 0.3 is 29.6 Å². The molecule has 0 radical (unpaired) electrons. The average molecular weight is 392 g/mol. The molecule has 1 saturated heterocycles. The van der Waals surface area contributed by atoms with Crippen LogP contribution in [-0.4, -0.2) is 57.1 Å². The minimum atomic E-state index is -1.85. The Labute approximate surface area is 180 Å². The van der Waals surface area contributed by atoms with Gasteiger partial charge in [0.05, 0.1) is 5.97 Å². The number of aliphatic carboxylic acids is 1. The molecule has 146 valence electrons. The van der Waals surface area contributed by atoms with Crippen LogP contribution in [0, 0.1) is 0 Å². The maximum Gasteiger partial charge on any atom is 1.00 e. The van der Waals surface area contributed by atoms with E-state index < -0.39 is 36.7 Å². The molecule has 1 aromatic rings. The minimum absolute atomic E-state index is 0. The molecule has 1 aliphatic heterocycles. The average Bonchev–Trinajstić information content (AvgIpc) is 2.55. The molecule has 2 rings (SSSR count). The number of rotatable bonds is 5. The van der Waals surface area contributed by atoms with E-state index >= 15 is 0 Å². The quantitative estimate of drug-likeness (QED) is 0.380. The van der Waals surface area contributed by atoms with E-state index in [-0.39, 0.29) is 47.1 Å². The monoisotopic (exact) mass is 392 g/mol. The fourth-order valence-corrected chi connectivity index (χ4v) is 2.91. The van der Waals surface area contributed by atoms with Crippen LogP contribution in [0.15, 0.2) is 12.1 Å². The van der Waals surface area contributed by atoms with Gasteiger partial charge in [-0.3, -0.25) is 0 Å². The predicted octanol–water partition coefficient (Wildman–Crippen LogP) is -3.42. The standard InChI is InChI=1S/C18H26O8.Na/c1-7(2)10-5-9(19)6-11(8(3)4)15(10)25-18-14(22)12(20)13(21)16(26-18)17(23)24;/h5-8,12-14,16,18-22H,1-4H3,(H,23,24);/q;+1/p-1/t12-,13-,14+,16-,18+;/m0./s1. The zero-order chi connectivity index (χ0) is 19.8. The zero-order valence-electron chi connectivity index (χ0n) is 16.1. The Kier molecular flexibility index (Phi) is 8.55. The minimum Gasteiger partial charge on any atom is -0.547 e. The molecule has 0 aliphatic carbocycles. The van der Waals surface area contributed by atoms with Gasteiger partial charge in [-0.15, -0.1) is 0 Å². The van der Waals surface area contributed by atoms with E-state index in [1.165, 1.54) is 12.1 Å². The first-order valence-corrected chi connectivity index (χ1v) is 8.48. The smallest absolute Gasteiger partial charge is 0.547 e. The molecule has 0 saturated carbocycles. The topological polar surface area (TPSA) is 140 Å². The number of carboxylic acid groups (broad SMARTS) is 1. The summed E-state index contributed by atoms with van der Waals surface area (Å²) in [5, 5.41) is 50.9. The largest absolute Gasteiger partial charge is 1.00 e. The summed E-state index contributed by atoms with van der Waals surface area (Å²) in [4.78, 5) is 11.1. The molecule has 1 aromatic carbocycles. The Bertz CT molecular complexity index is 634. The van der Waals surface area contributed by atoms with Crippen molar-refractivity contribution in [1.82, 2.24) is 0 Å². The van der Waals surface area contributed by atoms with Crippen molar-refractivity contribution in [2.24, 2.45) is 0 Å². The van der Waals surface area contributed by atoms with Crippen molar-refractivity contribution in [3.05, 3.63) is 23.3 Å². The number of aliphatic hydroxyl groups is 3. The first kappa shape index (κ1) is 24.2. The van der Waals surface area contributed by atoms with E-state index in [0.29, 0.717) is 16.9 Å². The van der Waals surface area contributed by atoms with Crippen molar-refractivity contribution in [1.29, 1.82) is 0 Å². The number of ether oxygens (including phenoxy) is 2. The second-order valence-electron chi connectivity index (χ2n) is 7.10. The summed E-state index contributed by atoms with van der Waals surface area (Å²) in [7, 11) is 0. The molecule has 0 aromatic heterocycles. The molecule has 27 heavy (non-hydrogen) atoms. The van der Waals surface area contributed by atoms with Crippen LogP contribution in [0.2, 0.25) is 0 Å². The van der Waals surface area contributed by atoms with E-state index in [1.54, 1.807) is 0 Å². The van der Waals surface area contributed by atoms with Gasteiger partial charge in [-0.05, 0) is 24.0 Å². The molecular weight excluding hydrogens is 367 g/mol. The van der Waals surface area contributed by atoms with Crippen molar-refractivity contribution in [3.63, 3.8) is 0 Å². The number of aliphatic hydroxyl groups excluding tert-OH is 3. The van der Waals surface area contributed by atoms with Gasteiger partial charge in [0.15, 0.2) is 0 Å². The molecule has 0 unspecified atom stereocenters. The number of hydrogen-bond acceptors (Lipinski definition) is 8. The second kappa shape index (κ2) is 9.56. The third-order valence-electron chi connectivity index (χ3n) is 4.41. The second-order valence-corrected chi connectivity index (χ2v) is 7.10. The van der Waals surface area contributed by atoms with Crippen molar-refractivity contribution in [2.45, 2.75) is 70.2 Å². The van der Waals surface area contributed by atoms with Crippen molar-refractivity contribution < 1.29 is 69.4 Å². The molecule has 8 nitrogen and oxygen atoms in total. The van der Waals surface area contributed by atoms with E-state index in [4.69, 9.17) is 9.47 Å². The molecule has 9 heteroatoms. The van der Waals surface area contributed by atoms with E-state index in [0.717, 1.165) is 0 Å². The van der Waals surface area contributed by atoms with Gasteiger partial charge in [-0.2, -0.15) is 0 Å². The summed E-state index contributed by atoms with van der Waals surface area (Å²) in [6.45, 7) is 7.53. The Morgan fingerprint density at radius 2 is 1.52 bits per heavy atom. The summed E-state index contributed by atoms with van der Waals surface area (Å²) >= 11 is 0. The van der Waals surface area contributed by atoms with Gasteiger partial charge in [0.2, 0.25) is 6.29 Å². The van der Waals surface area contributed by atoms with E-state index in [9.17, 15) is 30.3 Å². The van der Waals surface area contributed by atoms with Gasteiger partial charge in [-0.1, -0.05) is 27.7 Å². The normalized spacial score (nSPS) is 28.1. The van der Waals surface area contributed by atoms with Crippen LogP contribution in [0.25, 0.3) is 0 Å². The third kappa shape index (κ3) is 5.14. The summed E-state index contributed by atoms with van der Waals surface area (Å²) in [6, 6.07) is 3.03. The molecule has 1 heterocycles. The number of carbonyl (C=O) groups excluding carboxylic acids is 1. The van der Waals surface area contributed by atoms with Crippen molar-refractivity contribution in [3.8, 4) is 11.5 Å². The fourth-order valence-electron chi connectivity index (χ4n) is 2.91. The Balaban J connectivity index is 0.00000364. The SMILES string of the molecule is CC(C)c1cc(O)cc(C(C)C)c1O[C@@H]1O[C@H](C(=O)[O-])[C@@H](O)[C@H](O)[C@H]1O.[Na+]. The van der Waals surface area contributed by atoms with Crippen LogP contribution in [-0.2, 0) is 9.53 Å². The number of phenolic OH excluding ortho intramolecular Hbond substituents is 1. The molecule has 4 N–H and O–H groups in total. The molecule has 0 spiro atoms. The van der Waals surface area contributed by atoms with Gasteiger partial charge < -0.3 is 39.8 Å². The van der Waals surface area contributed by atoms with Crippen LogP contribution >= 0.6 is 0 Å². The Morgan fingerprint density at radius 1 is 1.04 bits per heavy atom. The predicted molar refractivity (Wildman–Crippen MR) is 88.6 cm³/mol. The fraction of sp³-hybridized carbons (Fsp3) is 0.611. The van der Waals surface area contributed by atoms with E-state index in [1.807, 2.05) is 27.7 Å². The maximum absolute atomic E-state index is 11.1. The van der Waals surface area contributed by atoms with E-state index in [2.05, 4.69) is 0 Å². The van der Waals surface area contributed by atoms with Crippen molar-refractivity contribution in [2.75, 3.05) is 0 Å². The number of benzene rings is 1. The van der Waals surface area contributed by atoms with Gasteiger partial charge in [-0.25, -0.2) is 0 Å². The number of carbonyl (C=O) groups is 1. The van der Waals surface area contributed by atoms with Crippen LogP contribution in [0.3, 0.4) is 0 Å². The molecule has 0 bridgehead atoms. The van der Waals surface area contributed by atoms with Crippen LogP contribution in [0.4, 0.5) is 0 Å². The Hall–Kier alpha value is -0.870. The van der Waals surface area contributed by atoms with Crippen LogP contribution in [0.1, 0.15) is 50.7 Å². The van der Waals surface area contributed by atoms with Crippen molar-refractivity contribution >= 4 is 5.97 Å². The third-order valence-corrected chi connectivity index (χ3v) is 4.41. The van der Waals surface area contributed by atoms with Gasteiger partial charge in [0, 0.05) is 11.1 Å². The number of phenols is 1. The number of carboxylic acids is 1. The molecule has 0 amide bonds. The zero-order valence-corrected chi connectivity index (χ0v) is 18.1. The first-order valence-electron chi connectivity index (χ1n) is 8.48. The molecule has 1 fully saturated rings. The van der Waals surface area contributed by atoms with Crippen LogP contribution in [0.5, 0.6) is 11.5 Å². The summed E-state index contributed by atoms with van der Waals surface area (Å²) in [5.41, 5.74) is 1.27. The number of aromatic hydroxyl groups is 1. The molecular formula is C18H25NaO8. The van der Waals surface area contributed by atoms with Gasteiger partial charge in [0.1, 0.15) is 35.9 Å². The summed E-state index contributed by atoms with van der Waals surface area (Å²) in [5.74, 6) is -1.45. The van der Waals surface area contributed by atoms with Gasteiger partial charge in [0.25, 0.3) is 0 Å². The summed E-state index contributed by atoms with van der Waals surface area (Å²) in [6.07, 6.45) is -8.67. The number of hydrogen-bond donors (Lipinski definition) is 4. The molecule has 1 aliphatic rings. The molecule has 5 atom stereocenters. The Morgan fingerprint density at radius 3 is 1.93 bits per heavy atom. The first-order chi connectivity index (χ1) is 12.0. The maximum atomic E-state index is 11.1. The summed E-state index contributed by atoms with van der Waals surface area (Å²) < 4.78 is 10.9.